The van der Waals surface area contributed by atoms with Crippen LogP contribution in [-0.4, -0.2) is 71.1 Å². The Labute approximate surface area is 230 Å². The number of thioether (sulfide) groups is 1. The van der Waals surface area contributed by atoms with Crippen LogP contribution >= 0.6 is 11.8 Å². The van der Waals surface area contributed by atoms with E-state index in [1.165, 1.54) is 0 Å². The summed E-state index contributed by atoms with van der Waals surface area (Å²) >= 11 is 1.65. The van der Waals surface area contributed by atoms with Crippen molar-refractivity contribution in [3.8, 4) is 0 Å². The fraction of sp³-hybridized carbons (Fsp3) is 0.500. The predicted octanol–water partition coefficient (Wildman–Crippen LogP) is 4.04. The minimum atomic E-state index is -0.653. The molecule has 0 spiro atoms. The summed E-state index contributed by atoms with van der Waals surface area (Å²) in [4.78, 5) is 41.3. The Hall–Kier alpha value is -2.84. The van der Waals surface area contributed by atoms with Crippen LogP contribution in [0.2, 0.25) is 0 Å². The zero-order valence-electron chi connectivity index (χ0n) is 22.9. The largest absolute Gasteiger partial charge is 0.465 e. The number of ether oxygens (including phenoxy) is 2. The Bertz CT molecular complexity index is 1040. The second kappa shape index (κ2) is 14.4. The lowest BCUT2D eigenvalue weighted by molar-refractivity contribution is -0.160. The number of nitrogens with one attached hydrogen (secondary N) is 1. The molecule has 2 aromatic carbocycles. The molecule has 0 radical (unpaired) electrons. The summed E-state index contributed by atoms with van der Waals surface area (Å²) < 4.78 is 10.9. The molecule has 38 heavy (non-hydrogen) atoms. The van der Waals surface area contributed by atoms with E-state index >= 15 is 0 Å². The second-order valence-electron chi connectivity index (χ2n) is 10.5. The first kappa shape index (κ1) is 29.7. The Morgan fingerprint density at radius 3 is 2.26 bits per heavy atom. The number of benzene rings is 2. The van der Waals surface area contributed by atoms with Crippen LogP contribution in [0.3, 0.4) is 0 Å². The van der Waals surface area contributed by atoms with Crippen molar-refractivity contribution in [3.63, 3.8) is 0 Å². The molecule has 1 heterocycles. The number of amides is 1. The van der Waals surface area contributed by atoms with E-state index in [0.717, 1.165) is 11.1 Å². The lowest BCUT2D eigenvalue weighted by Gasteiger charge is -2.33. The third kappa shape index (κ3) is 9.48. The van der Waals surface area contributed by atoms with Gasteiger partial charge in [-0.3, -0.25) is 19.7 Å². The maximum Gasteiger partial charge on any atom is 0.326 e. The van der Waals surface area contributed by atoms with Gasteiger partial charge < -0.3 is 14.4 Å². The molecule has 1 saturated heterocycles. The number of nitrogens with zero attached hydrogens (tertiary/aromatic N) is 1. The van der Waals surface area contributed by atoms with E-state index in [0.29, 0.717) is 30.8 Å². The SMILES string of the molecule is CCOC(=O)[C@@H](CCc1ccccc1)NC1CSCC(Cc2ccccc2)N(CC(=O)OC(C)(C)C)C1=O. The van der Waals surface area contributed by atoms with Crippen LogP contribution in [0, 0.1) is 0 Å². The van der Waals surface area contributed by atoms with E-state index in [9.17, 15) is 14.4 Å². The molecule has 0 saturated carbocycles. The van der Waals surface area contributed by atoms with E-state index in [4.69, 9.17) is 9.47 Å². The van der Waals surface area contributed by atoms with Crippen molar-refractivity contribution >= 4 is 29.6 Å². The Kier molecular flexibility index (Phi) is 11.2. The van der Waals surface area contributed by atoms with Crippen molar-refractivity contribution in [3.05, 3.63) is 71.8 Å². The molecule has 7 nitrogen and oxygen atoms in total. The van der Waals surface area contributed by atoms with Crippen LogP contribution in [0.1, 0.15) is 45.2 Å². The standard InChI is InChI=1S/C30H40N2O5S/c1-5-36-29(35)25(17-16-22-12-8-6-9-13-22)31-26-21-38-20-24(18-23-14-10-7-11-15-23)32(28(26)34)19-27(33)37-30(2,3)4/h6-15,24-26,31H,5,16-21H2,1-4H3/t24?,25-,26?/m1/s1. The van der Waals surface area contributed by atoms with Crippen LogP contribution in [0.15, 0.2) is 60.7 Å². The van der Waals surface area contributed by atoms with Crippen LogP contribution in [0.5, 0.6) is 0 Å². The normalized spacial score (nSPS) is 18.9. The molecular weight excluding hydrogens is 500 g/mol. The zero-order chi connectivity index (χ0) is 27.5. The second-order valence-corrected chi connectivity index (χ2v) is 11.6. The van der Waals surface area contributed by atoms with Gasteiger partial charge in [0.2, 0.25) is 5.91 Å². The summed E-state index contributed by atoms with van der Waals surface area (Å²) in [6.07, 6.45) is 1.80. The van der Waals surface area contributed by atoms with Gasteiger partial charge >= 0.3 is 11.9 Å². The highest BCUT2D eigenvalue weighted by Gasteiger charge is 2.37. The molecule has 1 aliphatic rings. The lowest BCUT2D eigenvalue weighted by Crippen LogP contribution is -2.56. The summed E-state index contributed by atoms with van der Waals surface area (Å²) in [5.74, 6) is 0.160. The average Bonchev–Trinajstić information content (AvgIpc) is 3.01. The first-order valence-electron chi connectivity index (χ1n) is 13.3. The van der Waals surface area contributed by atoms with Gasteiger partial charge in [-0.2, -0.15) is 11.8 Å². The molecule has 0 aromatic heterocycles. The monoisotopic (exact) mass is 540 g/mol. The zero-order valence-corrected chi connectivity index (χ0v) is 23.7. The maximum atomic E-state index is 13.9. The predicted molar refractivity (Wildman–Crippen MR) is 151 cm³/mol. The van der Waals surface area contributed by atoms with Gasteiger partial charge in [0.1, 0.15) is 18.2 Å². The van der Waals surface area contributed by atoms with E-state index < -0.39 is 23.7 Å². The van der Waals surface area contributed by atoms with E-state index in [2.05, 4.69) is 5.32 Å². The van der Waals surface area contributed by atoms with Crippen LogP contribution < -0.4 is 5.32 Å². The van der Waals surface area contributed by atoms with E-state index in [1.807, 2.05) is 81.4 Å². The molecule has 8 heteroatoms. The van der Waals surface area contributed by atoms with Gasteiger partial charge in [0.15, 0.2) is 0 Å². The van der Waals surface area contributed by atoms with Crippen LogP contribution in [-0.2, 0) is 36.7 Å². The minimum absolute atomic E-state index is 0.138. The molecular formula is C30H40N2O5S. The molecule has 0 aliphatic carbocycles. The molecule has 1 N–H and O–H groups in total. The summed E-state index contributed by atoms with van der Waals surface area (Å²) in [5.41, 5.74) is 1.55. The average molecular weight is 541 g/mol. The molecule has 1 amide bonds. The third-order valence-corrected chi connectivity index (χ3v) is 7.38. The van der Waals surface area contributed by atoms with Gasteiger partial charge in [0, 0.05) is 17.5 Å². The quantitative estimate of drug-likeness (QED) is 0.431. The topological polar surface area (TPSA) is 84.9 Å². The van der Waals surface area contributed by atoms with Gasteiger partial charge in [-0.25, -0.2) is 0 Å². The van der Waals surface area contributed by atoms with Crippen LogP contribution in [0.4, 0.5) is 0 Å². The summed E-state index contributed by atoms with van der Waals surface area (Å²) in [5, 5.41) is 3.30. The first-order valence-corrected chi connectivity index (χ1v) is 14.4. The van der Waals surface area contributed by atoms with Gasteiger partial charge in [-0.05, 0) is 58.1 Å². The number of carbonyl (C=O) groups excluding carboxylic acids is 3. The molecule has 2 aromatic rings. The van der Waals surface area contributed by atoms with Crippen molar-refractivity contribution in [2.75, 3.05) is 24.7 Å². The molecule has 2 unspecified atom stereocenters. The minimum Gasteiger partial charge on any atom is -0.465 e. The first-order chi connectivity index (χ1) is 18.2. The fourth-order valence-corrected chi connectivity index (χ4v) is 5.65. The van der Waals surface area contributed by atoms with Crippen molar-refractivity contribution < 1.29 is 23.9 Å². The molecule has 3 rings (SSSR count). The van der Waals surface area contributed by atoms with Gasteiger partial charge in [0.25, 0.3) is 0 Å². The highest BCUT2D eigenvalue weighted by molar-refractivity contribution is 7.99. The summed E-state index contributed by atoms with van der Waals surface area (Å²) in [6.45, 7) is 7.34. The Balaban J connectivity index is 1.80. The number of hydrogen-bond donors (Lipinski definition) is 1. The Morgan fingerprint density at radius 1 is 1.03 bits per heavy atom. The number of hydrogen-bond acceptors (Lipinski definition) is 7. The lowest BCUT2D eigenvalue weighted by atomic mass is 10.0. The smallest absolute Gasteiger partial charge is 0.326 e. The third-order valence-electron chi connectivity index (χ3n) is 6.19. The van der Waals surface area contributed by atoms with Crippen molar-refractivity contribution in [2.24, 2.45) is 0 Å². The van der Waals surface area contributed by atoms with Gasteiger partial charge in [-0.15, -0.1) is 0 Å². The van der Waals surface area contributed by atoms with Crippen molar-refractivity contribution in [1.29, 1.82) is 0 Å². The molecule has 206 valence electrons. The van der Waals surface area contributed by atoms with Crippen molar-refractivity contribution in [1.82, 2.24) is 10.2 Å². The van der Waals surface area contributed by atoms with E-state index in [-0.39, 0.29) is 31.1 Å². The highest BCUT2D eigenvalue weighted by Crippen LogP contribution is 2.23. The van der Waals surface area contributed by atoms with E-state index in [1.54, 1.807) is 23.6 Å². The van der Waals surface area contributed by atoms with Gasteiger partial charge in [0.05, 0.1) is 12.6 Å². The number of aryl methyl sites for hydroxylation is 1. The molecule has 0 bridgehead atoms. The van der Waals surface area contributed by atoms with Crippen LogP contribution in [0.25, 0.3) is 0 Å². The molecule has 3 atom stereocenters. The fourth-order valence-electron chi connectivity index (χ4n) is 4.47. The highest BCUT2D eigenvalue weighted by atomic mass is 32.2. The van der Waals surface area contributed by atoms with Gasteiger partial charge in [-0.1, -0.05) is 60.7 Å². The molecule has 1 aliphatic heterocycles. The van der Waals surface area contributed by atoms with Crippen molar-refractivity contribution in [2.45, 2.75) is 70.7 Å². The maximum absolute atomic E-state index is 13.9. The summed E-state index contributed by atoms with van der Waals surface area (Å²) in [7, 11) is 0. The Morgan fingerprint density at radius 2 is 1.66 bits per heavy atom. The number of rotatable bonds is 11. The number of esters is 2. The molecule has 1 fully saturated rings. The summed E-state index contributed by atoms with van der Waals surface area (Å²) in [6, 6.07) is 18.4. The number of carbonyl (C=O) groups is 3.